The lowest BCUT2D eigenvalue weighted by molar-refractivity contribution is -0.135. The summed E-state index contributed by atoms with van der Waals surface area (Å²) in [5, 5.41) is 3.02. The van der Waals surface area contributed by atoms with Crippen LogP contribution in [0.15, 0.2) is 48.5 Å². The molecule has 0 radical (unpaired) electrons. The maximum atomic E-state index is 13.1. The summed E-state index contributed by atoms with van der Waals surface area (Å²) in [5.41, 5.74) is -0.479. The highest BCUT2D eigenvalue weighted by molar-refractivity contribution is 5.94. The zero-order chi connectivity index (χ0) is 22.4. The van der Waals surface area contributed by atoms with Gasteiger partial charge in [-0.25, -0.2) is 4.39 Å². The summed E-state index contributed by atoms with van der Waals surface area (Å²) in [7, 11) is 0. The van der Waals surface area contributed by atoms with Crippen molar-refractivity contribution in [3.05, 3.63) is 59.9 Å². The normalized spacial score (nSPS) is 14.8. The lowest BCUT2D eigenvalue weighted by Gasteiger charge is -2.34. The molecule has 1 fully saturated rings. The van der Waals surface area contributed by atoms with Crippen LogP contribution < -0.4 is 14.8 Å². The van der Waals surface area contributed by atoms with Gasteiger partial charge in [0, 0.05) is 24.7 Å². The van der Waals surface area contributed by atoms with Crippen molar-refractivity contribution in [3.63, 3.8) is 0 Å². The van der Waals surface area contributed by atoms with E-state index < -0.39 is 5.60 Å². The summed E-state index contributed by atoms with van der Waals surface area (Å²) in [6.07, 6.45) is 1.34. The molecule has 7 heteroatoms. The largest absolute Gasteiger partial charge is 0.494 e. The van der Waals surface area contributed by atoms with Gasteiger partial charge in [0.15, 0.2) is 5.60 Å². The van der Waals surface area contributed by atoms with Crippen molar-refractivity contribution in [3.8, 4) is 11.5 Å². The van der Waals surface area contributed by atoms with Gasteiger partial charge in [-0.15, -0.1) is 0 Å². The highest BCUT2D eigenvalue weighted by Gasteiger charge is 2.33. The molecular formula is C24H29FN2O4. The molecule has 1 aliphatic rings. The van der Waals surface area contributed by atoms with Crippen LogP contribution in [0.3, 0.4) is 0 Å². The Balaban J connectivity index is 1.50. The third-order valence-electron chi connectivity index (χ3n) is 5.26. The number of carbonyl (C=O) groups excluding carboxylic acids is 2. The van der Waals surface area contributed by atoms with Gasteiger partial charge < -0.3 is 19.7 Å². The van der Waals surface area contributed by atoms with Crippen LogP contribution in [0.1, 0.15) is 44.0 Å². The second-order valence-corrected chi connectivity index (χ2v) is 8.06. The predicted octanol–water partition coefficient (Wildman–Crippen LogP) is 3.80. The van der Waals surface area contributed by atoms with Crippen molar-refractivity contribution >= 4 is 11.8 Å². The number of benzene rings is 2. The molecule has 1 heterocycles. The van der Waals surface area contributed by atoms with Crippen LogP contribution in [0.2, 0.25) is 0 Å². The molecule has 6 nitrogen and oxygen atoms in total. The van der Waals surface area contributed by atoms with Crippen molar-refractivity contribution in [1.82, 2.24) is 10.2 Å². The molecule has 1 N–H and O–H groups in total. The molecule has 31 heavy (non-hydrogen) atoms. The first-order valence-corrected chi connectivity index (χ1v) is 10.6. The first-order chi connectivity index (χ1) is 14.8. The highest BCUT2D eigenvalue weighted by Crippen LogP contribution is 2.21. The number of nitrogens with one attached hydrogen (secondary N) is 1. The fraction of sp³-hybridized carbons (Fsp3) is 0.417. The summed E-state index contributed by atoms with van der Waals surface area (Å²) >= 11 is 0. The summed E-state index contributed by atoms with van der Waals surface area (Å²) < 4.78 is 24.2. The van der Waals surface area contributed by atoms with E-state index in [9.17, 15) is 14.0 Å². The highest BCUT2D eigenvalue weighted by atomic mass is 19.1. The quantitative estimate of drug-likeness (QED) is 0.728. The summed E-state index contributed by atoms with van der Waals surface area (Å²) in [4.78, 5) is 27.3. The Hall–Kier alpha value is -3.09. The minimum Gasteiger partial charge on any atom is -0.494 e. The Labute approximate surface area is 182 Å². The topological polar surface area (TPSA) is 67.9 Å². The number of likely N-dealkylation sites (tertiary alicyclic amines) is 1. The van der Waals surface area contributed by atoms with Gasteiger partial charge in [-0.2, -0.15) is 0 Å². The van der Waals surface area contributed by atoms with Crippen molar-refractivity contribution in [2.45, 2.75) is 45.3 Å². The van der Waals surface area contributed by atoms with Gasteiger partial charge >= 0.3 is 0 Å². The molecule has 166 valence electrons. The van der Waals surface area contributed by atoms with Crippen molar-refractivity contribution in [1.29, 1.82) is 0 Å². The summed E-state index contributed by atoms with van der Waals surface area (Å²) in [5.74, 6) is 0.547. The minimum absolute atomic E-state index is 0.0206. The van der Waals surface area contributed by atoms with Gasteiger partial charge in [-0.1, -0.05) is 0 Å². The number of piperidine rings is 1. The molecule has 0 spiro atoms. The number of hydrogen-bond acceptors (Lipinski definition) is 4. The van der Waals surface area contributed by atoms with Gasteiger partial charge in [0.2, 0.25) is 0 Å². The summed E-state index contributed by atoms with van der Waals surface area (Å²) in [6.45, 7) is 6.98. The van der Waals surface area contributed by atoms with E-state index in [-0.39, 0.29) is 23.7 Å². The number of amides is 2. The Bertz CT molecular complexity index is 889. The van der Waals surface area contributed by atoms with Gasteiger partial charge in [0.25, 0.3) is 11.8 Å². The van der Waals surface area contributed by atoms with E-state index in [1.54, 1.807) is 43.0 Å². The van der Waals surface area contributed by atoms with Crippen LogP contribution in [-0.2, 0) is 4.79 Å². The van der Waals surface area contributed by atoms with Crippen LogP contribution >= 0.6 is 0 Å². The van der Waals surface area contributed by atoms with E-state index in [0.717, 1.165) is 5.75 Å². The molecule has 0 aromatic heterocycles. The number of halogens is 1. The molecule has 2 aromatic carbocycles. The second-order valence-electron chi connectivity index (χ2n) is 8.06. The van der Waals surface area contributed by atoms with Gasteiger partial charge in [-0.05, 0) is 82.1 Å². The molecule has 1 aliphatic heterocycles. The van der Waals surface area contributed by atoms with Crippen LogP contribution in [0.25, 0.3) is 0 Å². The number of hydrogen-bond donors (Lipinski definition) is 1. The average molecular weight is 429 g/mol. The van der Waals surface area contributed by atoms with Crippen molar-refractivity contribution in [2.24, 2.45) is 0 Å². The van der Waals surface area contributed by atoms with E-state index in [1.807, 2.05) is 6.92 Å². The smallest absolute Gasteiger partial charge is 0.263 e. The molecule has 0 unspecified atom stereocenters. The molecule has 0 saturated carbocycles. The lowest BCUT2D eigenvalue weighted by atomic mass is 10.0. The fourth-order valence-corrected chi connectivity index (χ4v) is 3.47. The van der Waals surface area contributed by atoms with E-state index >= 15 is 0 Å². The maximum absolute atomic E-state index is 13.1. The molecule has 2 amide bonds. The van der Waals surface area contributed by atoms with E-state index in [0.29, 0.717) is 43.9 Å². The zero-order valence-electron chi connectivity index (χ0n) is 18.2. The summed E-state index contributed by atoms with van der Waals surface area (Å²) in [6, 6.07) is 12.7. The van der Waals surface area contributed by atoms with Crippen LogP contribution in [0.5, 0.6) is 11.5 Å². The fourth-order valence-electron chi connectivity index (χ4n) is 3.47. The number of nitrogens with zero attached hydrogens (tertiary/aromatic N) is 1. The van der Waals surface area contributed by atoms with E-state index in [4.69, 9.17) is 9.47 Å². The second kappa shape index (κ2) is 9.81. The predicted molar refractivity (Wildman–Crippen MR) is 116 cm³/mol. The van der Waals surface area contributed by atoms with E-state index in [2.05, 4.69) is 5.32 Å². The third-order valence-corrected chi connectivity index (χ3v) is 5.26. The van der Waals surface area contributed by atoms with Gasteiger partial charge in [-0.3, -0.25) is 9.59 Å². The Morgan fingerprint density at radius 2 is 1.61 bits per heavy atom. The van der Waals surface area contributed by atoms with Crippen LogP contribution in [0, 0.1) is 5.82 Å². The third kappa shape index (κ3) is 5.96. The first-order valence-electron chi connectivity index (χ1n) is 10.6. The Morgan fingerprint density at radius 1 is 1.03 bits per heavy atom. The number of carbonyl (C=O) groups is 2. The molecule has 0 aliphatic carbocycles. The molecular weight excluding hydrogens is 399 g/mol. The molecule has 0 bridgehead atoms. The standard InChI is InChI=1S/C24H29FN2O4/c1-4-30-20-9-5-17(6-10-20)22(28)27-15-13-19(14-16-27)26-23(29)24(2,3)31-21-11-7-18(25)8-12-21/h5-12,19H,4,13-16H2,1-3H3,(H,26,29). The average Bonchev–Trinajstić information content (AvgIpc) is 2.76. The van der Waals surface area contributed by atoms with Crippen molar-refractivity contribution in [2.75, 3.05) is 19.7 Å². The van der Waals surface area contributed by atoms with Crippen molar-refractivity contribution < 1.29 is 23.5 Å². The Morgan fingerprint density at radius 3 is 2.19 bits per heavy atom. The molecule has 3 rings (SSSR count). The number of rotatable bonds is 7. The van der Waals surface area contributed by atoms with Crippen LogP contribution in [-0.4, -0.2) is 48.1 Å². The maximum Gasteiger partial charge on any atom is 0.263 e. The van der Waals surface area contributed by atoms with Gasteiger partial charge in [0.1, 0.15) is 17.3 Å². The van der Waals surface area contributed by atoms with E-state index in [1.165, 1.54) is 24.3 Å². The molecule has 2 aromatic rings. The molecule has 0 atom stereocenters. The Kier molecular flexibility index (Phi) is 7.15. The van der Waals surface area contributed by atoms with Crippen LogP contribution in [0.4, 0.5) is 4.39 Å². The monoisotopic (exact) mass is 428 g/mol. The minimum atomic E-state index is -1.10. The molecule has 1 saturated heterocycles. The van der Waals surface area contributed by atoms with Gasteiger partial charge in [0.05, 0.1) is 6.61 Å². The SMILES string of the molecule is CCOc1ccc(C(=O)N2CCC(NC(=O)C(C)(C)Oc3ccc(F)cc3)CC2)cc1. The number of ether oxygens (including phenoxy) is 2. The first kappa shape index (κ1) is 22.6. The zero-order valence-corrected chi connectivity index (χ0v) is 18.2. The lowest BCUT2D eigenvalue weighted by Crippen LogP contribution is -2.53.